The van der Waals surface area contributed by atoms with Crippen LogP contribution in [0.25, 0.3) is 0 Å². The van der Waals surface area contributed by atoms with Gasteiger partial charge in [-0.1, -0.05) is 12.1 Å². The molecule has 0 aromatic heterocycles. The minimum absolute atomic E-state index is 0.405. The summed E-state index contributed by atoms with van der Waals surface area (Å²) in [7, 11) is 0. The van der Waals surface area contributed by atoms with Crippen molar-refractivity contribution in [1.29, 1.82) is 0 Å². The number of anilines is 1. The van der Waals surface area contributed by atoms with Gasteiger partial charge in [0.1, 0.15) is 5.60 Å². The van der Waals surface area contributed by atoms with Crippen LogP contribution >= 0.6 is 0 Å². The molecule has 1 amide bonds. The molecule has 1 aromatic rings. The number of aliphatic hydroxyl groups excluding tert-OH is 1. The highest BCUT2D eigenvalue weighted by Gasteiger charge is 2.16. The molecule has 0 spiro atoms. The highest BCUT2D eigenvalue weighted by atomic mass is 16.6. The summed E-state index contributed by atoms with van der Waals surface area (Å²) in [5.41, 5.74) is 2.13. The van der Waals surface area contributed by atoms with Crippen LogP contribution in [0.5, 0.6) is 0 Å². The third kappa shape index (κ3) is 5.75. The van der Waals surface area contributed by atoms with Gasteiger partial charge in [0, 0.05) is 5.69 Å². The molecular formula is C15H23NO3. The maximum absolute atomic E-state index is 11.7. The van der Waals surface area contributed by atoms with Crippen molar-refractivity contribution in [1.82, 2.24) is 0 Å². The lowest BCUT2D eigenvalue weighted by molar-refractivity contribution is 0.0636. The van der Waals surface area contributed by atoms with Crippen molar-refractivity contribution in [3.63, 3.8) is 0 Å². The molecule has 0 aliphatic rings. The molecule has 0 aliphatic carbocycles. The van der Waals surface area contributed by atoms with Gasteiger partial charge < -0.3 is 9.84 Å². The molecule has 0 saturated heterocycles. The zero-order valence-corrected chi connectivity index (χ0v) is 12.3. The number of aryl methyl sites for hydroxylation is 1. The van der Waals surface area contributed by atoms with Gasteiger partial charge in [-0.05, 0) is 58.2 Å². The number of rotatable bonds is 3. The summed E-state index contributed by atoms with van der Waals surface area (Å²) in [6.07, 6.45) is -0.314. The number of hydrogen-bond acceptors (Lipinski definition) is 3. The molecule has 2 N–H and O–H groups in total. The number of benzene rings is 1. The minimum atomic E-state index is -0.519. The molecule has 0 fully saturated rings. The summed E-state index contributed by atoms with van der Waals surface area (Å²) in [5.74, 6) is 0. The fourth-order valence-corrected chi connectivity index (χ4v) is 1.69. The predicted molar refractivity (Wildman–Crippen MR) is 76.4 cm³/mol. The van der Waals surface area contributed by atoms with E-state index in [1.165, 1.54) is 0 Å². The van der Waals surface area contributed by atoms with Gasteiger partial charge in [0.15, 0.2) is 0 Å². The maximum atomic E-state index is 11.7. The van der Waals surface area contributed by atoms with Crippen LogP contribution in [0.4, 0.5) is 10.5 Å². The van der Waals surface area contributed by atoms with Crippen molar-refractivity contribution in [2.45, 2.75) is 52.7 Å². The zero-order chi connectivity index (χ0) is 14.6. The van der Waals surface area contributed by atoms with Crippen LogP contribution in [0.15, 0.2) is 18.2 Å². The van der Waals surface area contributed by atoms with E-state index in [0.29, 0.717) is 12.1 Å². The SMILES string of the molecule is Cc1ccc(CC(C)O)cc1NC(=O)OC(C)(C)C. The largest absolute Gasteiger partial charge is 0.444 e. The van der Waals surface area contributed by atoms with E-state index in [1.807, 2.05) is 45.9 Å². The average molecular weight is 265 g/mol. The summed E-state index contributed by atoms with van der Waals surface area (Å²) < 4.78 is 5.22. The summed E-state index contributed by atoms with van der Waals surface area (Å²) in [6, 6.07) is 5.73. The van der Waals surface area contributed by atoms with E-state index in [-0.39, 0.29) is 0 Å². The lowest BCUT2D eigenvalue weighted by atomic mass is 10.1. The summed E-state index contributed by atoms with van der Waals surface area (Å²) in [6.45, 7) is 9.12. The Morgan fingerprint density at radius 2 is 2.05 bits per heavy atom. The first-order valence-corrected chi connectivity index (χ1v) is 6.45. The summed E-state index contributed by atoms with van der Waals surface area (Å²) in [5, 5.41) is 12.1. The lowest BCUT2D eigenvalue weighted by Crippen LogP contribution is -2.27. The Bertz CT molecular complexity index is 447. The molecule has 0 heterocycles. The Morgan fingerprint density at radius 3 is 2.58 bits per heavy atom. The fourth-order valence-electron chi connectivity index (χ4n) is 1.69. The number of carbonyl (C=O) groups is 1. The Balaban J connectivity index is 2.79. The second-order valence-electron chi connectivity index (χ2n) is 5.83. The standard InChI is InChI=1S/C15H23NO3/c1-10-6-7-12(8-11(2)17)9-13(10)16-14(18)19-15(3,4)5/h6-7,9,11,17H,8H2,1-5H3,(H,16,18). The molecule has 0 saturated carbocycles. The third-order valence-electron chi connectivity index (χ3n) is 2.47. The van der Waals surface area contributed by atoms with Gasteiger partial charge in [-0.25, -0.2) is 4.79 Å². The molecule has 4 heteroatoms. The number of nitrogens with one attached hydrogen (secondary N) is 1. The van der Waals surface area contributed by atoms with Crippen molar-refractivity contribution in [2.24, 2.45) is 0 Å². The van der Waals surface area contributed by atoms with Crippen molar-refractivity contribution in [2.75, 3.05) is 5.32 Å². The van der Waals surface area contributed by atoms with Crippen molar-refractivity contribution in [3.05, 3.63) is 29.3 Å². The molecule has 4 nitrogen and oxygen atoms in total. The molecule has 0 bridgehead atoms. The Kier molecular flexibility index (Phi) is 4.95. The number of amides is 1. The monoisotopic (exact) mass is 265 g/mol. The topological polar surface area (TPSA) is 58.6 Å². The third-order valence-corrected chi connectivity index (χ3v) is 2.47. The first kappa shape index (κ1) is 15.5. The van der Waals surface area contributed by atoms with E-state index in [0.717, 1.165) is 11.1 Å². The Morgan fingerprint density at radius 1 is 1.42 bits per heavy atom. The highest BCUT2D eigenvalue weighted by Crippen LogP contribution is 2.19. The van der Waals surface area contributed by atoms with Gasteiger partial charge in [-0.15, -0.1) is 0 Å². The van der Waals surface area contributed by atoms with Crippen LogP contribution in [0.1, 0.15) is 38.8 Å². The van der Waals surface area contributed by atoms with E-state index >= 15 is 0 Å². The van der Waals surface area contributed by atoms with Crippen LogP contribution in [0.3, 0.4) is 0 Å². The fraction of sp³-hybridized carbons (Fsp3) is 0.533. The van der Waals surface area contributed by atoms with Crippen LogP contribution in [0, 0.1) is 6.92 Å². The van der Waals surface area contributed by atoms with E-state index < -0.39 is 17.8 Å². The van der Waals surface area contributed by atoms with Gasteiger partial charge in [0.2, 0.25) is 0 Å². The molecule has 1 rings (SSSR count). The number of hydrogen-bond donors (Lipinski definition) is 2. The summed E-state index contributed by atoms with van der Waals surface area (Å²) >= 11 is 0. The van der Waals surface area contributed by atoms with E-state index in [2.05, 4.69) is 5.32 Å². The van der Waals surface area contributed by atoms with E-state index in [4.69, 9.17) is 4.74 Å². The molecule has 0 radical (unpaired) electrons. The van der Waals surface area contributed by atoms with Gasteiger partial charge in [0.05, 0.1) is 6.10 Å². The van der Waals surface area contributed by atoms with Gasteiger partial charge >= 0.3 is 6.09 Å². The molecule has 1 unspecified atom stereocenters. The van der Waals surface area contributed by atoms with Gasteiger partial charge in [0.25, 0.3) is 0 Å². The average Bonchev–Trinajstić information content (AvgIpc) is 2.19. The van der Waals surface area contributed by atoms with Crippen molar-refractivity contribution < 1.29 is 14.6 Å². The first-order valence-electron chi connectivity index (χ1n) is 6.45. The van der Waals surface area contributed by atoms with E-state index in [9.17, 15) is 9.90 Å². The number of aliphatic hydroxyl groups is 1. The van der Waals surface area contributed by atoms with Crippen LogP contribution in [-0.2, 0) is 11.2 Å². The molecule has 106 valence electrons. The molecule has 0 aliphatic heterocycles. The highest BCUT2D eigenvalue weighted by molar-refractivity contribution is 5.86. The van der Waals surface area contributed by atoms with Gasteiger partial charge in [-0.3, -0.25) is 5.32 Å². The molecule has 1 atom stereocenters. The normalized spacial score (nSPS) is 12.9. The smallest absolute Gasteiger partial charge is 0.412 e. The predicted octanol–water partition coefficient (Wildman–Crippen LogP) is 3.27. The first-order chi connectivity index (χ1) is 8.67. The lowest BCUT2D eigenvalue weighted by Gasteiger charge is -2.20. The number of carbonyl (C=O) groups excluding carboxylic acids is 1. The zero-order valence-electron chi connectivity index (χ0n) is 12.3. The Hall–Kier alpha value is -1.55. The van der Waals surface area contributed by atoms with Gasteiger partial charge in [-0.2, -0.15) is 0 Å². The van der Waals surface area contributed by atoms with Crippen molar-refractivity contribution in [3.8, 4) is 0 Å². The Labute approximate surface area is 114 Å². The molecular weight excluding hydrogens is 242 g/mol. The molecule has 1 aromatic carbocycles. The van der Waals surface area contributed by atoms with Crippen molar-refractivity contribution >= 4 is 11.8 Å². The minimum Gasteiger partial charge on any atom is -0.444 e. The maximum Gasteiger partial charge on any atom is 0.412 e. The van der Waals surface area contributed by atoms with Crippen LogP contribution in [-0.4, -0.2) is 22.9 Å². The quantitative estimate of drug-likeness (QED) is 0.882. The summed E-state index contributed by atoms with van der Waals surface area (Å²) in [4.78, 5) is 11.7. The number of ether oxygens (including phenoxy) is 1. The second kappa shape index (κ2) is 6.06. The van der Waals surface area contributed by atoms with Crippen LogP contribution < -0.4 is 5.32 Å². The second-order valence-corrected chi connectivity index (χ2v) is 5.83. The van der Waals surface area contributed by atoms with E-state index in [1.54, 1.807) is 6.92 Å². The van der Waals surface area contributed by atoms with Crippen LogP contribution in [0.2, 0.25) is 0 Å². The molecule has 19 heavy (non-hydrogen) atoms.